The van der Waals surface area contributed by atoms with Crippen molar-refractivity contribution < 1.29 is 14.6 Å². The average Bonchev–Trinajstić information content (AvgIpc) is 2.46. The summed E-state index contributed by atoms with van der Waals surface area (Å²) >= 11 is 0. The molecule has 0 radical (unpaired) electrons. The first kappa shape index (κ1) is 17.8. The molecule has 1 aromatic carbocycles. The highest BCUT2D eigenvalue weighted by Crippen LogP contribution is 2.37. The molecule has 1 atom stereocenters. The quantitative estimate of drug-likeness (QED) is 0.687. The molecule has 0 heterocycles. The summed E-state index contributed by atoms with van der Waals surface area (Å²) in [6.07, 6.45) is 2.52. The first-order valence-electron chi connectivity index (χ1n) is 7.75. The molecule has 4 heteroatoms. The molecular formula is C17H29NO3. The molecule has 4 nitrogen and oxygen atoms in total. The summed E-state index contributed by atoms with van der Waals surface area (Å²) in [7, 11) is 0. The molecule has 3 N–H and O–H groups in total. The summed E-state index contributed by atoms with van der Waals surface area (Å²) in [5.74, 6) is 1.57. The lowest BCUT2D eigenvalue weighted by atomic mass is 9.81. The molecule has 0 saturated heterocycles. The van der Waals surface area contributed by atoms with E-state index in [9.17, 15) is 0 Å². The van der Waals surface area contributed by atoms with Gasteiger partial charge in [0.25, 0.3) is 0 Å². The van der Waals surface area contributed by atoms with Gasteiger partial charge >= 0.3 is 0 Å². The molecule has 0 bridgehead atoms. The summed E-state index contributed by atoms with van der Waals surface area (Å²) in [6.45, 7) is 8.87. The van der Waals surface area contributed by atoms with E-state index in [0.29, 0.717) is 6.61 Å². The minimum atomic E-state index is -0.281. The van der Waals surface area contributed by atoms with Crippen molar-refractivity contribution >= 4 is 0 Å². The van der Waals surface area contributed by atoms with Crippen molar-refractivity contribution in [3.63, 3.8) is 0 Å². The van der Waals surface area contributed by atoms with Gasteiger partial charge in [-0.05, 0) is 36.5 Å². The van der Waals surface area contributed by atoms with Gasteiger partial charge in [0.2, 0.25) is 0 Å². The van der Waals surface area contributed by atoms with E-state index in [0.717, 1.165) is 36.3 Å². The highest BCUT2D eigenvalue weighted by Gasteiger charge is 2.23. The summed E-state index contributed by atoms with van der Waals surface area (Å²) in [5, 5.41) is 8.94. The summed E-state index contributed by atoms with van der Waals surface area (Å²) < 4.78 is 11.4. The molecule has 120 valence electrons. The standard InChI is InChI=1S/C17H29NO3/c1-5-7-16(18)21-13-8-9-15(20-11-10-19)14(12-13)17(3,4)6-2/h8-9,12,16,19H,5-7,10-11,18H2,1-4H3. The van der Waals surface area contributed by atoms with Crippen molar-refractivity contribution in [2.45, 2.75) is 58.6 Å². The van der Waals surface area contributed by atoms with Crippen LogP contribution in [0.5, 0.6) is 11.5 Å². The maximum atomic E-state index is 8.94. The van der Waals surface area contributed by atoms with E-state index in [1.807, 2.05) is 18.2 Å². The first-order chi connectivity index (χ1) is 9.94. The van der Waals surface area contributed by atoms with Gasteiger partial charge in [0.15, 0.2) is 0 Å². The van der Waals surface area contributed by atoms with Crippen LogP contribution in [0.3, 0.4) is 0 Å². The van der Waals surface area contributed by atoms with Crippen molar-refractivity contribution in [1.82, 2.24) is 0 Å². The van der Waals surface area contributed by atoms with Crippen LogP contribution in [0.4, 0.5) is 0 Å². The molecular weight excluding hydrogens is 266 g/mol. The van der Waals surface area contributed by atoms with Crippen LogP contribution in [0.15, 0.2) is 18.2 Å². The molecule has 0 aliphatic carbocycles. The van der Waals surface area contributed by atoms with Crippen LogP contribution in [-0.2, 0) is 5.41 Å². The van der Waals surface area contributed by atoms with E-state index in [-0.39, 0.29) is 18.2 Å². The van der Waals surface area contributed by atoms with Crippen LogP contribution in [-0.4, -0.2) is 24.5 Å². The number of nitrogens with two attached hydrogens (primary N) is 1. The maximum Gasteiger partial charge on any atom is 0.147 e. The van der Waals surface area contributed by atoms with Crippen LogP contribution in [0.25, 0.3) is 0 Å². The number of hydrogen-bond donors (Lipinski definition) is 2. The van der Waals surface area contributed by atoms with Crippen LogP contribution in [0.1, 0.15) is 52.5 Å². The van der Waals surface area contributed by atoms with Crippen molar-refractivity contribution in [3.8, 4) is 11.5 Å². The van der Waals surface area contributed by atoms with Gasteiger partial charge < -0.3 is 14.6 Å². The van der Waals surface area contributed by atoms with E-state index in [2.05, 4.69) is 27.7 Å². The number of aliphatic hydroxyl groups is 1. The van der Waals surface area contributed by atoms with E-state index < -0.39 is 0 Å². The fourth-order valence-corrected chi connectivity index (χ4v) is 2.10. The lowest BCUT2D eigenvalue weighted by molar-refractivity contribution is 0.192. The molecule has 0 aliphatic rings. The van der Waals surface area contributed by atoms with Gasteiger partial charge in [-0.15, -0.1) is 0 Å². The predicted molar refractivity (Wildman–Crippen MR) is 85.9 cm³/mol. The van der Waals surface area contributed by atoms with Gasteiger partial charge in [-0.1, -0.05) is 34.1 Å². The van der Waals surface area contributed by atoms with Gasteiger partial charge in [0.1, 0.15) is 24.3 Å². The minimum Gasteiger partial charge on any atom is -0.491 e. The average molecular weight is 295 g/mol. The van der Waals surface area contributed by atoms with Gasteiger partial charge in [0.05, 0.1) is 6.61 Å². The SMILES string of the molecule is CCCC(N)Oc1ccc(OCCO)c(C(C)(C)CC)c1. The molecule has 0 saturated carbocycles. The Bertz CT molecular complexity index is 432. The molecule has 1 aromatic rings. The number of hydrogen-bond acceptors (Lipinski definition) is 4. The molecule has 0 amide bonds. The Kier molecular flexibility index (Phi) is 6.99. The number of aliphatic hydroxyl groups excluding tert-OH is 1. The molecule has 1 unspecified atom stereocenters. The lowest BCUT2D eigenvalue weighted by Crippen LogP contribution is -2.27. The monoisotopic (exact) mass is 295 g/mol. The van der Waals surface area contributed by atoms with Gasteiger partial charge in [-0.2, -0.15) is 0 Å². The third-order valence-electron chi connectivity index (χ3n) is 3.77. The largest absolute Gasteiger partial charge is 0.491 e. The number of rotatable bonds is 9. The zero-order chi connectivity index (χ0) is 15.9. The molecule has 0 fully saturated rings. The van der Waals surface area contributed by atoms with Crippen molar-refractivity contribution in [2.24, 2.45) is 5.73 Å². The van der Waals surface area contributed by atoms with Crippen LogP contribution in [0, 0.1) is 0 Å². The smallest absolute Gasteiger partial charge is 0.147 e. The third-order valence-corrected chi connectivity index (χ3v) is 3.77. The lowest BCUT2D eigenvalue weighted by Gasteiger charge is -2.27. The van der Waals surface area contributed by atoms with Crippen LogP contribution < -0.4 is 15.2 Å². The van der Waals surface area contributed by atoms with Crippen LogP contribution in [0.2, 0.25) is 0 Å². The van der Waals surface area contributed by atoms with Crippen molar-refractivity contribution in [3.05, 3.63) is 23.8 Å². The second kappa shape index (κ2) is 8.25. The van der Waals surface area contributed by atoms with E-state index in [1.54, 1.807) is 0 Å². The Morgan fingerprint density at radius 2 is 2.00 bits per heavy atom. The van der Waals surface area contributed by atoms with Gasteiger partial charge in [-0.25, -0.2) is 0 Å². The Morgan fingerprint density at radius 3 is 2.57 bits per heavy atom. The van der Waals surface area contributed by atoms with Gasteiger partial charge in [0, 0.05) is 5.56 Å². The highest BCUT2D eigenvalue weighted by atomic mass is 16.5. The minimum absolute atomic E-state index is 0.00557. The third kappa shape index (κ3) is 5.21. The topological polar surface area (TPSA) is 64.7 Å². The van der Waals surface area contributed by atoms with E-state index in [1.165, 1.54) is 0 Å². The fourth-order valence-electron chi connectivity index (χ4n) is 2.10. The Labute approximate surface area is 128 Å². The summed E-state index contributed by atoms with van der Waals surface area (Å²) in [6, 6.07) is 5.78. The normalized spacial score (nSPS) is 13.0. The van der Waals surface area contributed by atoms with Gasteiger partial charge in [-0.3, -0.25) is 5.73 Å². The molecule has 0 aliphatic heterocycles. The van der Waals surface area contributed by atoms with Crippen LogP contribution >= 0.6 is 0 Å². The van der Waals surface area contributed by atoms with E-state index >= 15 is 0 Å². The molecule has 0 spiro atoms. The number of benzene rings is 1. The highest BCUT2D eigenvalue weighted by molar-refractivity contribution is 5.44. The zero-order valence-electron chi connectivity index (χ0n) is 13.7. The fraction of sp³-hybridized carbons (Fsp3) is 0.647. The molecule has 21 heavy (non-hydrogen) atoms. The van der Waals surface area contributed by atoms with Crippen molar-refractivity contribution in [2.75, 3.05) is 13.2 Å². The Hall–Kier alpha value is -1.26. The second-order valence-electron chi connectivity index (χ2n) is 5.91. The first-order valence-corrected chi connectivity index (χ1v) is 7.75. The summed E-state index contributed by atoms with van der Waals surface area (Å²) in [4.78, 5) is 0. The maximum absolute atomic E-state index is 8.94. The molecule has 1 rings (SSSR count). The Balaban J connectivity index is 3.02. The van der Waals surface area contributed by atoms with E-state index in [4.69, 9.17) is 20.3 Å². The molecule has 0 aromatic heterocycles. The number of ether oxygens (including phenoxy) is 2. The second-order valence-corrected chi connectivity index (χ2v) is 5.91. The van der Waals surface area contributed by atoms with Crippen molar-refractivity contribution in [1.29, 1.82) is 0 Å². The summed E-state index contributed by atoms with van der Waals surface area (Å²) in [5.41, 5.74) is 6.99. The zero-order valence-corrected chi connectivity index (χ0v) is 13.7. The predicted octanol–water partition coefficient (Wildman–Crippen LogP) is 3.21. The Morgan fingerprint density at radius 1 is 1.29 bits per heavy atom.